The summed E-state index contributed by atoms with van der Waals surface area (Å²) < 4.78 is 62.4. The number of aliphatic hydroxyl groups excluding tert-OH is 1. The number of carbonyl (C=O) groups excluding carboxylic acids is 4. The Balaban J connectivity index is 4.73. The van der Waals surface area contributed by atoms with Gasteiger partial charge in [0.2, 0.25) is 0 Å². The van der Waals surface area contributed by atoms with Crippen LogP contribution in [0.1, 0.15) is 59.8 Å². The molecule has 0 fully saturated rings. The van der Waals surface area contributed by atoms with Crippen LogP contribution in [0.5, 0.6) is 0 Å². The van der Waals surface area contributed by atoms with E-state index in [2.05, 4.69) is 9.05 Å². The summed E-state index contributed by atoms with van der Waals surface area (Å²) in [5, 5.41) is 9.91. The molecule has 3 N–H and O–H groups in total. The van der Waals surface area contributed by atoms with Crippen LogP contribution < -0.4 is 0 Å². The Morgan fingerprint density at radius 2 is 1.07 bits per heavy atom. The first-order valence-electron chi connectivity index (χ1n) is 12.7. The SMILES string of the molecule is CCCCCC(=O)O[C@H](COC(C)=O)COP(=O)(O)OC[C@H](O)COP(=O)(O)OC[C@@H](COC(C)=O)OC(=O)CC. The van der Waals surface area contributed by atoms with Crippen LogP contribution in [-0.4, -0.2) is 96.7 Å². The van der Waals surface area contributed by atoms with E-state index in [1.807, 2.05) is 6.92 Å². The molecule has 0 radical (unpaired) electrons. The molecule has 0 aliphatic heterocycles. The fourth-order valence-corrected chi connectivity index (χ4v) is 4.10. The van der Waals surface area contributed by atoms with Crippen LogP contribution in [-0.2, 0) is 65.4 Å². The van der Waals surface area contributed by atoms with Crippen LogP contribution in [0, 0.1) is 0 Å². The minimum absolute atomic E-state index is 0.0223. The van der Waals surface area contributed by atoms with Gasteiger partial charge in [0.1, 0.15) is 19.3 Å². The van der Waals surface area contributed by atoms with E-state index in [1.165, 1.54) is 6.92 Å². The van der Waals surface area contributed by atoms with Gasteiger partial charge in [0, 0.05) is 26.7 Å². The van der Waals surface area contributed by atoms with Crippen molar-refractivity contribution in [2.75, 3.05) is 39.6 Å². The van der Waals surface area contributed by atoms with E-state index in [0.29, 0.717) is 6.42 Å². The summed E-state index contributed by atoms with van der Waals surface area (Å²) in [5.41, 5.74) is 0. The lowest BCUT2D eigenvalue weighted by Crippen LogP contribution is -2.29. The average molecular weight is 638 g/mol. The second kappa shape index (κ2) is 20.9. The number of rotatable bonds is 23. The van der Waals surface area contributed by atoms with Crippen molar-refractivity contribution in [2.24, 2.45) is 0 Å². The van der Waals surface area contributed by atoms with Gasteiger partial charge in [0.05, 0.1) is 26.4 Å². The molecule has 0 rings (SSSR count). The predicted molar refractivity (Wildman–Crippen MR) is 137 cm³/mol. The predicted octanol–water partition coefficient (Wildman–Crippen LogP) is 1.55. The normalized spacial score (nSPS) is 16.4. The number of ether oxygens (including phenoxy) is 4. The molecule has 17 nitrogen and oxygen atoms in total. The third kappa shape index (κ3) is 22.3. The van der Waals surface area contributed by atoms with Gasteiger partial charge in [-0.3, -0.25) is 37.3 Å². The molecule has 0 heterocycles. The van der Waals surface area contributed by atoms with Crippen molar-refractivity contribution in [2.45, 2.75) is 78.1 Å². The van der Waals surface area contributed by atoms with E-state index < -0.39 is 97.5 Å². The van der Waals surface area contributed by atoms with Gasteiger partial charge < -0.3 is 33.8 Å². The van der Waals surface area contributed by atoms with Gasteiger partial charge in [-0.05, 0) is 6.42 Å². The molecule has 0 saturated heterocycles. The van der Waals surface area contributed by atoms with Crippen LogP contribution >= 0.6 is 15.6 Å². The van der Waals surface area contributed by atoms with E-state index in [9.17, 15) is 43.2 Å². The lowest BCUT2D eigenvalue weighted by atomic mass is 10.2. The van der Waals surface area contributed by atoms with Gasteiger partial charge >= 0.3 is 39.5 Å². The highest BCUT2D eigenvalue weighted by Crippen LogP contribution is 2.45. The highest BCUT2D eigenvalue weighted by Gasteiger charge is 2.29. The number of hydrogen-bond acceptors (Lipinski definition) is 15. The van der Waals surface area contributed by atoms with E-state index in [-0.39, 0.29) is 12.8 Å². The summed E-state index contributed by atoms with van der Waals surface area (Å²) >= 11 is 0. The Labute approximate surface area is 237 Å². The number of hydrogen-bond donors (Lipinski definition) is 3. The molecule has 0 aromatic rings. The molecule has 19 heteroatoms. The molecule has 0 aromatic carbocycles. The number of aliphatic hydroxyl groups is 1. The Kier molecular flexibility index (Phi) is 19.9. The van der Waals surface area contributed by atoms with Crippen molar-refractivity contribution in [1.29, 1.82) is 0 Å². The smallest absolute Gasteiger partial charge is 0.462 e. The van der Waals surface area contributed by atoms with Gasteiger partial charge in [-0.1, -0.05) is 26.7 Å². The van der Waals surface area contributed by atoms with Gasteiger partial charge in [0.15, 0.2) is 12.2 Å². The molecule has 240 valence electrons. The highest BCUT2D eigenvalue weighted by atomic mass is 31.2. The Morgan fingerprint density at radius 3 is 1.46 bits per heavy atom. The Bertz CT molecular complexity index is 911. The summed E-state index contributed by atoms with van der Waals surface area (Å²) in [5.74, 6) is -2.69. The molecule has 0 aliphatic carbocycles. The fourth-order valence-electron chi connectivity index (χ4n) is 2.52. The van der Waals surface area contributed by atoms with Gasteiger partial charge in [-0.2, -0.15) is 0 Å². The van der Waals surface area contributed by atoms with Crippen molar-refractivity contribution in [3.05, 3.63) is 0 Å². The van der Waals surface area contributed by atoms with E-state index >= 15 is 0 Å². The molecule has 41 heavy (non-hydrogen) atoms. The number of phosphoric acid groups is 2. The van der Waals surface area contributed by atoms with E-state index in [4.69, 9.17) is 28.0 Å². The summed E-state index contributed by atoms with van der Waals surface area (Å²) in [6, 6.07) is 0. The fraction of sp³-hybridized carbons (Fsp3) is 0.818. The maximum absolute atomic E-state index is 12.2. The molecular weight excluding hydrogens is 598 g/mol. The maximum atomic E-state index is 12.2. The van der Waals surface area contributed by atoms with Crippen LogP contribution in [0.25, 0.3) is 0 Å². The molecule has 0 bridgehead atoms. The molecular formula is C22H40O17P2. The molecule has 0 saturated carbocycles. The van der Waals surface area contributed by atoms with Gasteiger partial charge in [0.25, 0.3) is 0 Å². The van der Waals surface area contributed by atoms with Crippen LogP contribution in [0.15, 0.2) is 0 Å². The number of unbranched alkanes of at least 4 members (excludes halogenated alkanes) is 2. The summed E-state index contributed by atoms with van der Waals surface area (Å²) in [6.07, 6.45) is -1.88. The number of phosphoric ester groups is 2. The van der Waals surface area contributed by atoms with Crippen molar-refractivity contribution in [3.63, 3.8) is 0 Å². The van der Waals surface area contributed by atoms with Crippen molar-refractivity contribution in [3.8, 4) is 0 Å². The quantitative estimate of drug-likeness (QED) is 0.0623. The zero-order valence-corrected chi connectivity index (χ0v) is 25.3. The maximum Gasteiger partial charge on any atom is 0.472 e. The summed E-state index contributed by atoms with van der Waals surface area (Å²) in [4.78, 5) is 65.1. The standard InChI is InChI=1S/C22H40O17P2/c1-5-7-8-9-22(27)39-20(13-33-17(4)24)15-37-41(30,31)35-11-18(25)10-34-40(28,29)36-14-19(12-32-16(3)23)38-21(26)6-2/h18-20,25H,5-15H2,1-4H3,(H,28,29)(H,30,31)/t18-,19-,20-/m1/s1. The molecule has 2 unspecified atom stereocenters. The van der Waals surface area contributed by atoms with Crippen molar-refractivity contribution >= 4 is 39.5 Å². The largest absolute Gasteiger partial charge is 0.472 e. The first-order chi connectivity index (χ1) is 19.1. The number of carbonyl (C=O) groups is 4. The van der Waals surface area contributed by atoms with Crippen LogP contribution in [0.4, 0.5) is 0 Å². The van der Waals surface area contributed by atoms with E-state index in [0.717, 1.165) is 26.7 Å². The van der Waals surface area contributed by atoms with Crippen LogP contribution in [0.2, 0.25) is 0 Å². The second-order valence-corrected chi connectivity index (χ2v) is 11.3. The molecule has 5 atom stereocenters. The average Bonchev–Trinajstić information content (AvgIpc) is 2.89. The monoisotopic (exact) mass is 638 g/mol. The Hall–Kier alpha value is -1.94. The summed E-state index contributed by atoms with van der Waals surface area (Å²) in [6.45, 7) is 1.57. The van der Waals surface area contributed by atoms with E-state index in [1.54, 1.807) is 0 Å². The van der Waals surface area contributed by atoms with Gasteiger partial charge in [-0.25, -0.2) is 9.13 Å². The summed E-state index contributed by atoms with van der Waals surface area (Å²) in [7, 11) is -9.67. The Morgan fingerprint density at radius 1 is 0.659 bits per heavy atom. The van der Waals surface area contributed by atoms with Crippen LogP contribution in [0.3, 0.4) is 0 Å². The molecule has 0 amide bonds. The molecule has 0 spiro atoms. The third-order valence-electron chi connectivity index (χ3n) is 4.52. The topological polar surface area (TPSA) is 237 Å². The van der Waals surface area contributed by atoms with Gasteiger partial charge in [-0.15, -0.1) is 0 Å². The third-order valence-corrected chi connectivity index (χ3v) is 6.42. The minimum atomic E-state index is -4.84. The first-order valence-corrected chi connectivity index (χ1v) is 15.7. The zero-order valence-electron chi connectivity index (χ0n) is 23.5. The molecule has 0 aliphatic rings. The number of esters is 4. The zero-order chi connectivity index (χ0) is 31.5. The minimum Gasteiger partial charge on any atom is -0.462 e. The van der Waals surface area contributed by atoms with Crippen molar-refractivity contribution in [1.82, 2.24) is 0 Å². The lowest BCUT2D eigenvalue weighted by molar-refractivity contribution is -0.160. The highest BCUT2D eigenvalue weighted by molar-refractivity contribution is 7.47. The second-order valence-electron chi connectivity index (χ2n) is 8.41. The van der Waals surface area contributed by atoms with Crippen molar-refractivity contribution < 1.29 is 80.2 Å². The molecule has 0 aromatic heterocycles. The lowest BCUT2D eigenvalue weighted by Gasteiger charge is -2.21. The first kappa shape index (κ1) is 39.1.